The Bertz CT molecular complexity index is 210. The molecule has 0 aliphatic carbocycles. The lowest BCUT2D eigenvalue weighted by molar-refractivity contribution is 0.539. The maximum atomic E-state index is 5.86. The van der Waals surface area contributed by atoms with Crippen LogP contribution in [0.3, 0.4) is 0 Å². The van der Waals surface area contributed by atoms with Crippen LogP contribution in [0.4, 0.5) is 0 Å². The van der Waals surface area contributed by atoms with E-state index in [1.165, 1.54) is 83.5 Å². The first-order chi connectivity index (χ1) is 10.3. The molecule has 0 saturated carbocycles. The van der Waals surface area contributed by atoms with Gasteiger partial charge in [0.25, 0.3) is 0 Å². The minimum Gasteiger partial charge on any atom is -0.328 e. The Hall–Kier alpha value is -0.300. The van der Waals surface area contributed by atoms with Gasteiger partial charge >= 0.3 is 0 Å². The highest BCUT2D eigenvalue weighted by Gasteiger charge is 1.97. The van der Waals surface area contributed by atoms with Crippen molar-refractivity contribution >= 4 is 0 Å². The van der Waals surface area contributed by atoms with Crippen molar-refractivity contribution in [3.05, 3.63) is 19.1 Å². The topological polar surface area (TPSA) is 26.0 Å². The number of nitrogens with two attached hydrogens (primary N) is 1. The van der Waals surface area contributed by atoms with Crippen molar-refractivity contribution in [2.45, 2.75) is 109 Å². The fourth-order valence-electron chi connectivity index (χ4n) is 2.62. The molecule has 2 N–H and O–H groups in total. The van der Waals surface area contributed by atoms with Gasteiger partial charge in [0, 0.05) is 6.04 Å². The molecular formula is C20H40N. The van der Waals surface area contributed by atoms with Gasteiger partial charge in [0.05, 0.1) is 0 Å². The molecule has 0 bridgehead atoms. The molecule has 1 radical (unpaired) electrons. The highest BCUT2D eigenvalue weighted by molar-refractivity contribution is 4.81. The third-order valence-electron chi connectivity index (χ3n) is 4.21. The second-order valence-electron chi connectivity index (χ2n) is 6.42. The van der Waals surface area contributed by atoms with E-state index in [0.717, 1.165) is 12.8 Å². The fraction of sp³-hybridized carbons (Fsp3) is 0.850. The predicted octanol–water partition coefficient (Wildman–Crippen LogP) is 6.58. The van der Waals surface area contributed by atoms with E-state index in [1.807, 2.05) is 0 Å². The molecule has 0 aromatic heterocycles. The van der Waals surface area contributed by atoms with Gasteiger partial charge in [-0.3, -0.25) is 0 Å². The molecule has 0 spiro atoms. The van der Waals surface area contributed by atoms with Gasteiger partial charge in [0.15, 0.2) is 0 Å². The summed E-state index contributed by atoms with van der Waals surface area (Å²) < 4.78 is 0. The zero-order valence-corrected chi connectivity index (χ0v) is 14.6. The molecule has 0 saturated heterocycles. The van der Waals surface area contributed by atoms with E-state index in [-0.39, 0.29) is 0 Å². The molecule has 0 rings (SSSR count). The largest absolute Gasteiger partial charge is 0.328 e. The van der Waals surface area contributed by atoms with Crippen LogP contribution in [0.5, 0.6) is 0 Å². The van der Waals surface area contributed by atoms with Crippen LogP contribution in [0.1, 0.15) is 103 Å². The normalized spacial score (nSPS) is 13.1. The van der Waals surface area contributed by atoms with Gasteiger partial charge in [-0.05, 0) is 38.5 Å². The monoisotopic (exact) mass is 294 g/mol. The smallest absolute Gasteiger partial charge is 0.00388 e. The summed E-state index contributed by atoms with van der Waals surface area (Å²) in [5.41, 5.74) is 5.86. The standard InChI is InChI=1S/C20H40N/c1-3-5-6-7-8-9-10-11-12-13-14-15-16-17-18-19-20(21)4-2/h11-12,20H,2-10,13-19,21H2,1H3/b12-11-. The highest BCUT2D eigenvalue weighted by Crippen LogP contribution is 2.10. The lowest BCUT2D eigenvalue weighted by atomic mass is 10.0. The number of hydrogen-bond donors (Lipinski definition) is 1. The summed E-state index contributed by atoms with van der Waals surface area (Å²) in [6, 6.07) is 0.329. The van der Waals surface area contributed by atoms with E-state index in [1.54, 1.807) is 0 Å². The lowest BCUT2D eigenvalue weighted by Crippen LogP contribution is -2.17. The molecular weight excluding hydrogens is 254 g/mol. The molecule has 1 atom stereocenters. The van der Waals surface area contributed by atoms with Gasteiger partial charge in [0.2, 0.25) is 0 Å². The summed E-state index contributed by atoms with van der Waals surface area (Å²) in [5, 5.41) is 0. The molecule has 125 valence electrons. The van der Waals surface area contributed by atoms with Crippen molar-refractivity contribution in [3.8, 4) is 0 Å². The van der Waals surface area contributed by atoms with Crippen molar-refractivity contribution in [2.24, 2.45) is 5.73 Å². The number of rotatable bonds is 16. The molecule has 0 fully saturated rings. The van der Waals surface area contributed by atoms with Gasteiger partial charge in [-0.1, -0.05) is 83.8 Å². The van der Waals surface area contributed by atoms with Gasteiger partial charge in [0.1, 0.15) is 0 Å². The molecule has 1 unspecified atom stereocenters. The SMILES string of the molecule is [CH2]CC(N)CCCCCCC/C=C\CCCCCCCC. The molecule has 0 aromatic carbocycles. The first kappa shape index (κ1) is 20.7. The summed E-state index contributed by atoms with van der Waals surface area (Å²) in [6.45, 7) is 6.12. The third kappa shape index (κ3) is 17.6. The summed E-state index contributed by atoms with van der Waals surface area (Å²) in [7, 11) is 0. The van der Waals surface area contributed by atoms with E-state index in [4.69, 9.17) is 5.73 Å². The van der Waals surface area contributed by atoms with Crippen molar-refractivity contribution < 1.29 is 0 Å². The Labute approximate surface area is 134 Å². The van der Waals surface area contributed by atoms with Crippen molar-refractivity contribution in [1.29, 1.82) is 0 Å². The maximum Gasteiger partial charge on any atom is 0.00388 e. The molecule has 0 amide bonds. The Morgan fingerprint density at radius 3 is 1.76 bits per heavy atom. The Kier molecular flexibility index (Phi) is 17.5. The number of hydrogen-bond acceptors (Lipinski definition) is 1. The first-order valence-electron chi connectivity index (χ1n) is 9.51. The average Bonchev–Trinajstić information content (AvgIpc) is 2.50. The van der Waals surface area contributed by atoms with Crippen molar-refractivity contribution in [1.82, 2.24) is 0 Å². The number of allylic oxidation sites excluding steroid dienone is 2. The summed E-state index contributed by atoms with van der Waals surface area (Å²) in [6.07, 6.45) is 24.5. The fourth-order valence-corrected chi connectivity index (χ4v) is 2.62. The molecule has 0 aliphatic heterocycles. The average molecular weight is 295 g/mol. The van der Waals surface area contributed by atoms with Gasteiger partial charge in [-0.25, -0.2) is 0 Å². The van der Waals surface area contributed by atoms with E-state index >= 15 is 0 Å². The van der Waals surface area contributed by atoms with Crippen LogP contribution in [-0.4, -0.2) is 6.04 Å². The van der Waals surface area contributed by atoms with Crippen molar-refractivity contribution in [2.75, 3.05) is 0 Å². The van der Waals surface area contributed by atoms with E-state index in [2.05, 4.69) is 26.0 Å². The molecule has 1 nitrogen and oxygen atoms in total. The van der Waals surface area contributed by atoms with Crippen LogP contribution in [0, 0.1) is 6.92 Å². The summed E-state index contributed by atoms with van der Waals surface area (Å²) in [4.78, 5) is 0. The molecule has 1 heteroatoms. The second-order valence-corrected chi connectivity index (χ2v) is 6.42. The van der Waals surface area contributed by atoms with Crippen LogP contribution in [-0.2, 0) is 0 Å². The van der Waals surface area contributed by atoms with Gasteiger partial charge < -0.3 is 5.73 Å². The molecule has 21 heavy (non-hydrogen) atoms. The Balaban J connectivity index is 3.08. The van der Waals surface area contributed by atoms with Gasteiger partial charge in [-0.2, -0.15) is 0 Å². The highest BCUT2D eigenvalue weighted by atomic mass is 14.6. The lowest BCUT2D eigenvalue weighted by Gasteiger charge is -2.07. The van der Waals surface area contributed by atoms with E-state index in [0.29, 0.717) is 6.04 Å². The van der Waals surface area contributed by atoms with Gasteiger partial charge in [-0.15, -0.1) is 0 Å². The molecule has 0 heterocycles. The van der Waals surface area contributed by atoms with E-state index < -0.39 is 0 Å². The first-order valence-corrected chi connectivity index (χ1v) is 9.51. The Morgan fingerprint density at radius 1 is 0.762 bits per heavy atom. The maximum absolute atomic E-state index is 5.86. The van der Waals surface area contributed by atoms with Crippen LogP contribution < -0.4 is 5.73 Å². The van der Waals surface area contributed by atoms with Crippen LogP contribution >= 0.6 is 0 Å². The zero-order valence-electron chi connectivity index (χ0n) is 14.6. The summed E-state index contributed by atoms with van der Waals surface area (Å²) >= 11 is 0. The summed E-state index contributed by atoms with van der Waals surface area (Å²) in [5.74, 6) is 0. The van der Waals surface area contributed by atoms with E-state index in [9.17, 15) is 0 Å². The molecule has 0 aromatic rings. The Morgan fingerprint density at radius 2 is 1.24 bits per heavy atom. The third-order valence-corrected chi connectivity index (χ3v) is 4.21. The van der Waals surface area contributed by atoms with Crippen molar-refractivity contribution in [3.63, 3.8) is 0 Å². The quantitative estimate of drug-likeness (QED) is 0.253. The molecule has 0 aliphatic rings. The number of unbranched alkanes of at least 4 members (excludes halogenated alkanes) is 11. The van der Waals surface area contributed by atoms with Crippen LogP contribution in [0.2, 0.25) is 0 Å². The van der Waals surface area contributed by atoms with Crippen LogP contribution in [0.15, 0.2) is 12.2 Å². The zero-order chi connectivity index (χ0) is 15.6. The minimum absolute atomic E-state index is 0.329. The van der Waals surface area contributed by atoms with Crippen LogP contribution in [0.25, 0.3) is 0 Å². The minimum atomic E-state index is 0.329. The second kappa shape index (κ2) is 17.8. The predicted molar refractivity (Wildman–Crippen MR) is 97.4 cm³/mol.